The second-order valence-electron chi connectivity index (χ2n) is 5.27. The number of ether oxygens (including phenoxy) is 1. The first-order valence-electron chi connectivity index (χ1n) is 7.45. The molecular formula is C16H16F3N3O3. The highest BCUT2D eigenvalue weighted by Gasteiger charge is 2.44. The summed E-state index contributed by atoms with van der Waals surface area (Å²) in [5.74, 6) is -1.67. The summed E-state index contributed by atoms with van der Waals surface area (Å²) in [6, 6.07) is 5.82. The quantitative estimate of drug-likeness (QED) is 0.454. The van der Waals surface area contributed by atoms with Crippen molar-refractivity contribution in [3.8, 4) is 5.75 Å². The zero-order chi connectivity index (χ0) is 18.5. The molecule has 0 spiro atoms. The van der Waals surface area contributed by atoms with E-state index >= 15 is 0 Å². The Morgan fingerprint density at radius 3 is 2.60 bits per heavy atom. The lowest BCUT2D eigenvalue weighted by atomic mass is 9.90. The number of aromatic amines is 1. The summed E-state index contributed by atoms with van der Waals surface area (Å²) in [7, 11) is 0. The fraction of sp³-hybridized carbons (Fsp3) is 0.312. The Kier molecular flexibility index (Phi) is 5.45. The molecule has 2 rings (SSSR count). The average molecular weight is 355 g/mol. The van der Waals surface area contributed by atoms with Crippen LogP contribution in [0, 0.1) is 0 Å². The number of nitrogens with zero attached hydrogens (tertiary/aromatic N) is 1. The van der Waals surface area contributed by atoms with Crippen molar-refractivity contribution < 1.29 is 27.5 Å². The number of hydrogen-bond donors (Lipinski definition) is 2. The number of halogens is 3. The minimum Gasteiger partial charge on any atom is -0.424 e. The van der Waals surface area contributed by atoms with Crippen LogP contribution in [-0.4, -0.2) is 22.6 Å². The summed E-state index contributed by atoms with van der Waals surface area (Å²) in [6.07, 6.45) is -2.45. The van der Waals surface area contributed by atoms with Gasteiger partial charge in [0, 0.05) is 6.20 Å². The van der Waals surface area contributed by atoms with Gasteiger partial charge in [0.25, 0.3) is 0 Å². The Balaban J connectivity index is 2.44. The van der Waals surface area contributed by atoms with Crippen molar-refractivity contribution in [2.45, 2.75) is 31.5 Å². The molecule has 0 radical (unpaired) electrons. The second kappa shape index (κ2) is 7.37. The fourth-order valence-electron chi connectivity index (χ4n) is 2.50. The number of H-pyrrole nitrogens is 1. The van der Waals surface area contributed by atoms with Crippen LogP contribution in [0.15, 0.2) is 36.5 Å². The smallest absolute Gasteiger partial charge is 0.419 e. The van der Waals surface area contributed by atoms with E-state index in [1.807, 2.05) is 0 Å². The van der Waals surface area contributed by atoms with E-state index < -0.39 is 29.0 Å². The monoisotopic (exact) mass is 355 g/mol. The maximum Gasteiger partial charge on any atom is 0.419 e. The van der Waals surface area contributed by atoms with E-state index in [2.05, 4.69) is 15.5 Å². The molecule has 1 amide bonds. The summed E-state index contributed by atoms with van der Waals surface area (Å²) in [5.41, 5.74) is -2.52. The SMILES string of the molecule is CCCC(NC=O)(C(=O)Oc1ccccc1C(F)(F)F)c1ccn[nH]1. The zero-order valence-corrected chi connectivity index (χ0v) is 13.3. The minimum atomic E-state index is -4.68. The highest BCUT2D eigenvalue weighted by Crippen LogP contribution is 2.37. The van der Waals surface area contributed by atoms with E-state index in [0.29, 0.717) is 12.8 Å². The number of esters is 1. The zero-order valence-electron chi connectivity index (χ0n) is 13.3. The van der Waals surface area contributed by atoms with Crippen LogP contribution in [0.5, 0.6) is 5.75 Å². The molecule has 0 saturated carbocycles. The molecule has 0 aliphatic carbocycles. The topological polar surface area (TPSA) is 84.1 Å². The molecule has 2 aromatic rings. The third-order valence-corrected chi connectivity index (χ3v) is 3.63. The number of benzene rings is 1. The molecule has 9 heteroatoms. The van der Waals surface area contributed by atoms with Crippen molar-refractivity contribution in [2.24, 2.45) is 0 Å². The molecule has 25 heavy (non-hydrogen) atoms. The first kappa shape index (κ1) is 18.5. The highest BCUT2D eigenvalue weighted by atomic mass is 19.4. The Morgan fingerprint density at radius 2 is 2.04 bits per heavy atom. The molecule has 0 aliphatic heterocycles. The first-order chi connectivity index (χ1) is 11.8. The van der Waals surface area contributed by atoms with Crippen LogP contribution < -0.4 is 10.1 Å². The first-order valence-corrected chi connectivity index (χ1v) is 7.45. The lowest BCUT2D eigenvalue weighted by Gasteiger charge is -2.29. The Bertz CT molecular complexity index is 732. The summed E-state index contributed by atoms with van der Waals surface area (Å²) >= 11 is 0. The number of carbonyl (C=O) groups excluding carboxylic acids is 2. The van der Waals surface area contributed by atoms with Crippen molar-refractivity contribution >= 4 is 12.4 Å². The Labute approximate surface area is 141 Å². The Hall–Kier alpha value is -2.84. The Morgan fingerprint density at radius 1 is 1.32 bits per heavy atom. The summed E-state index contributed by atoms with van der Waals surface area (Å²) in [6.45, 7) is 1.76. The van der Waals surface area contributed by atoms with Crippen LogP contribution in [0.3, 0.4) is 0 Å². The van der Waals surface area contributed by atoms with Crippen LogP contribution in [0.2, 0.25) is 0 Å². The van der Waals surface area contributed by atoms with Crippen LogP contribution in [-0.2, 0) is 21.3 Å². The van der Waals surface area contributed by atoms with Crippen molar-refractivity contribution in [2.75, 3.05) is 0 Å². The normalized spacial score (nSPS) is 13.8. The van der Waals surface area contributed by atoms with Gasteiger partial charge < -0.3 is 10.1 Å². The van der Waals surface area contributed by atoms with Crippen LogP contribution in [0.25, 0.3) is 0 Å². The summed E-state index contributed by atoms with van der Waals surface area (Å²) < 4.78 is 44.3. The lowest BCUT2D eigenvalue weighted by molar-refractivity contribution is -0.148. The van der Waals surface area contributed by atoms with Crippen molar-refractivity contribution in [1.82, 2.24) is 15.5 Å². The molecule has 0 saturated heterocycles. The van der Waals surface area contributed by atoms with Gasteiger partial charge in [0.1, 0.15) is 5.75 Å². The van der Waals surface area contributed by atoms with Crippen molar-refractivity contribution in [3.63, 3.8) is 0 Å². The van der Waals surface area contributed by atoms with Gasteiger partial charge in [0.05, 0.1) is 11.3 Å². The van der Waals surface area contributed by atoms with Gasteiger partial charge >= 0.3 is 12.1 Å². The number of aromatic nitrogens is 2. The number of hydrogen-bond acceptors (Lipinski definition) is 4. The van der Waals surface area contributed by atoms with E-state index in [0.717, 1.165) is 12.1 Å². The van der Waals surface area contributed by atoms with Gasteiger partial charge in [-0.25, -0.2) is 4.79 Å². The third-order valence-electron chi connectivity index (χ3n) is 3.63. The van der Waals surface area contributed by atoms with E-state index in [1.165, 1.54) is 24.4 Å². The molecule has 1 aromatic heterocycles. The van der Waals surface area contributed by atoms with Crippen LogP contribution in [0.4, 0.5) is 13.2 Å². The molecule has 1 aromatic carbocycles. The van der Waals surface area contributed by atoms with E-state index in [9.17, 15) is 22.8 Å². The van der Waals surface area contributed by atoms with E-state index in [1.54, 1.807) is 6.92 Å². The van der Waals surface area contributed by atoms with Gasteiger partial charge in [0.2, 0.25) is 6.41 Å². The molecule has 1 atom stereocenters. The fourth-order valence-corrected chi connectivity index (χ4v) is 2.50. The van der Waals surface area contributed by atoms with Gasteiger partial charge in [-0.15, -0.1) is 0 Å². The van der Waals surface area contributed by atoms with Crippen LogP contribution >= 0.6 is 0 Å². The summed E-state index contributed by atoms with van der Waals surface area (Å²) in [5, 5.41) is 8.67. The number of nitrogens with one attached hydrogen (secondary N) is 2. The molecule has 0 bridgehead atoms. The van der Waals surface area contributed by atoms with Gasteiger partial charge in [-0.2, -0.15) is 18.3 Å². The number of amides is 1. The maximum atomic E-state index is 13.1. The van der Waals surface area contributed by atoms with Crippen molar-refractivity contribution in [3.05, 3.63) is 47.8 Å². The molecule has 2 N–H and O–H groups in total. The molecule has 1 unspecified atom stereocenters. The third kappa shape index (κ3) is 3.81. The van der Waals surface area contributed by atoms with E-state index in [4.69, 9.17) is 4.74 Å². The second-order valence-corrected chi connectivity index (χ2v) is 5.27. The average Bonchev–Trinajstić information content (AvgIpc) is 3.08. The number of alkyl halides is 3. The van der Waals surface area contributed by atoms with Gasteiger partial charge in [0.15, 0.2) is 5.54 Å². The molecule has 134 valence electrons. The van der Waals surface area contributed by atoms with E-state index in [-0.39, 0.29) is 12.1 Å². The van der Waals surface area contributed by atoms with Crippen molar-refractivity contribution in [1.29, 1.82) is 0 Å². The van der Waals surface area contributed by atoms with Crippen LogP contribution in [0.1, 0.15) is 31.0 Å². The number of rotatable bonds is 7. The van der Waals surface area contributed by atoms with Gasteiger partial charge in [-0.05, 0) is 24.6 Å². The lowest BCUT2D eigenvalue weighted by Crippen LogP contribution is -2.51. The molecule has 0 fully saturated rings. The molecule has 6 nitrogen and oxygen atoms in total. The molecule has 1 heterocycles. The molecular weight excluding hydrogens is 339 g/mol. The standard InChI is InChI=1S/C16H16F3N3O3/c1-2-8-15(20-10-23,13-7-9-21-22-13)14(24)25-12-6-4-3-5-11(12)16(17,18)19/h3-7,9-10H,2,8H2,1H3,(H,20,23)(H,21,22). The minimum absolute atomic E-state index is 0.112. The predicted octanol–water partition coefficient (Wildman–Crippen LogP) is 2.78. The highest BCUT2D eigenvalue weighted by molar-refractivity contribution is 5.86. The summed E-state index contributed by atoms with van der Waals surface area (Å²) in [4.78, 5) is 23.8. The molecule has 0 aliphatic rings. The van der Waals surface area contributed by atoms with Gasteiger partial charge in [-0.1, -0.05) is 25.5 Å². The van der Waals surface area contributed by atoms with Gasteiger partial charge in [-0.3, -0.25) is 9.89 Å². The largest absolute Gasteiger partial charge is 0.424 e. The predicted molar refractivity (Wildman–Crippen MR) is 81.5 cm³/mol. The maximum absolute atomic E-state index is 13.1. The number of para-hydroxylation sites is 1. The number of carbonyl (C=O) groups is 2.